The van der Waals surface area contributed by atoms with Crippen molar-refractivity contribution in [3.63, 3.8) is 0 Å². The van der Waals surface area contributed by atoms with Gasteiger partial charge in [0.15, 0.2) is 0 Å². The number of rotatable bonds is 3. The highest BCUT2D eigenvalue weighted by Crippen LogP contribution is 2.32. The van der Waals surface area contributed by atoms with Crippen LogP contribution in [0.4, 0.5) is 0 Å². The third-order valence-corrected chi connectivity index (χ3v) is 3.46. The first kappa shape index (κ1) is 33.1. The number of carbonyl (C=O) groups is 2. The third-order valence-electron chi connectivity index (χ3n) is 3.46. The Balaban J connectivity index is -0.000000180. The van der Waals surface area contributed by atoms with E-state index < -0.39 is 0 Å². The van der Waals surface area contributed by atoms with Gasteiger partial charge < -0.3 is 4.74 Å². The molecule has 138 valence electrons. The SMILES string of the molecule is C.C.C.C.C.C.CC(CC1C(=O)OC(=O)C1C)c1ccccc1. The summed E-state index contributed by atoms with van der Waals surface area (Å²) in [4.78, 5) is 22.8. The molecule has 0 aromatic heterocycles. The number of hydrogen-bond acceptors (Lipinski definition) is 3. The quantitative estimate of drug-likeness (QED) is 0.481. The van der Waals surface area contributed by atoms with E-state index in [1.165, 1.54) is 5.56 Å². The molecule has 0 aliphatic carbocycles. The van der Waals surface area contributed by atoms with Crippen molar-refractivity contribution in [1.82, 2.24) is 0 Å². The number of esters is 2. The Hall–Kier alpha value is -1.64. The summed E-state index contributed by atoms with van der Waals surface area (Å²) < 4.78 is 4.64. The molecule has 23 heavy (non-hydrogen) atoms. The topological polar surface area (TPSA) is 43.4 Å². The summed E-state index contributed by atoms with van der Waals surface area (Å²) in [5.74, 6) is -1.11. The smallest absolute Gasteiger partial charge is 0.317 e. The molecule has 3 unspecified atom stereocenters. The number of ether oxygens (including phenoxy) is 1. The third kappa shape index (κ3) is 7.45. The Morgan fingerprint density at radius 3 is 1.78 bits per heavy atom. The molecule has 1 saturated heterocycles. The Labute approximate surface area is 145 Å². The van der Waals surface area contributed by atoms with E-state index in [1.807, 2.05) is 30.3 Å². The molecule has 0 spiro atoms. The maximum atomic E-state index is 11.5. The van der Waals surface area contributed by atoms with Gasteiger partial charge in [0.1, 0.15) is 0 Å². The molecule has 2 rings (SSSR count). The second-order valence-electron chi connectivity index (χ2n) is 4.68. The molecule has 0 amide bonds. The van der Waals surface area contributed by atoms with E-state index in [2.05, 4.69) is 11.7 Å². The van der Waals surface area contributed by atoms with E-state index in [-0.39, 0.29) is 74.3 Å². The molecule has 1 aromatic carbocycles. The fourth-order valence-electron chi connectivity index (χ4n) is 2.24. The molecular weight excluding hydrogens is 288 g/mol. The van der Waals surface area contributed by atoms with Gasteiger partial charge in [0.2, 0.25) is 0 Å². The zero-order valence-electron chi connectivity index (χ0n) is 10.1. The minimum atomic E-state index is -0.389. The zero-order chi connectivity index (χ0) is 12.4. The Kier molecular flexibility index (Phi) is 20.1. The first-order valence-corrected chi connectivity index (χ1v) is 5.90. The van der Waals surface area contributed by atoms with Gasteiger partial charge in [0, 0.05) is 0 Å². The van der Waals surface area contributed by atoms with Crippen molar-refractivity contribution < 1.29 is 14.3 Å². The number of cyclic esters (lactones) is 2. The van der Waals surface area contributed by atoms with E-state index in [0.717, 1.165) is 0 Å². The maximum absolute atomic E-state index is 11.5. The molecule has 1 heterocycles. The average molecular weight is 329 g/mol. The summed E-state index contributed by atoms with van der Waals surface area (Å²) in [6.07, 6.45) is 0.662. The minimum Gasteiger partial charge on any atom is -0.393 e. The molecule has 1 aliphatic heterocycles. The van der Waals surface area contributed by atoms with Gasteiger partial charge in [0.25, 0.3) is 0 Å². The molecule has 0 N–H and O–H groups in total. The van der Waals surface area contributed by atoms with Crippen LogP contribution < -0.4 is 0 Å². The summed E-state index contributed by atoms with van der Waals surface area (Å²) in [6, 6.07) is 10.0. The summed E-state index contributed by atoms with van der Waals surface area (Å²) in [5, 5.41) is 0. The molecular formula is C20H40O3. The fourth-order valence-corrected chi connectivity index (χ4v) is 2.24. The van der Waals surface area contributed by atoms with Gasteiger partial charge in [-0.2, -0.15) is 0 Å². The zero-order valence-corrected chi connectivity index (χ0v) is 10.1. The van der Waals surface area contributed by atoms with Crippen LogP contribution in [0.3, 0.4) is 0 Å². The van der Waals surface area contributed by atoms with Gasteiger partial charge in [0.05, 0.1) is 11.8 Å². The van der Waals surface area contributed by atoms with Gasteiger partial charge in [-0.3, -0.25) is 9.59 Å². The molecule has 1 aromatic rings. The van der Waals surface area contributed by atoms with E-state index in [4.69, 9.17) is 0 Å². The van der Waals surface area contributed by atoms with Crippen LogP contribution in [-0.2, 0) is 14.3 Å². The van der Waals surface area contributed by atoms with E-state index in [9.17, 15) is 9.59 Å². The van der Waals surface area contributed by atoms with Crippen LogP contribution in [0.1, 0.15) is 76.3 Å². The molecule has 0 radical (unpaired) electrons. The van der Waals surface area contributed by atoms with Crippen LogP contribution in [-0.4, -0.2) is 11.9 Å². The monoisotopic (exact) mass is 328 g/mol. The predicted molar refractivity (Wildman–Crippen MR) is 104 cm³/mol. The van der Waals surface area contributed by atoms with E-state index in [0.29, 0.717) is 6.42 Å². The van der Waals surface area contributed by atoms with Gasteiger partial charge in [-0.15, -0.1) is 0 Å². The average Bonchev–Trinajstić information content (AvgIpc) is 2.57. The van der Waals surface area contributed by atoms with E-state index >= 15 is 0 Å². The van der Waals surface area contributed by atoms with Crippen molar-refractivity contribution in [2.45, 2.75) is 70.7 Å². The van der Waals surface area contributed by atoms with Crippen molar-refractivity contribution in [3.8, 4) is 0 Å². The number of benzene rings is 1. The predicted octanol–water partition coefficient (Wildman–Crippen LogP) is 6.33. The lowest BCUT2D eigenvalue weighted by Gasteiger charge is -2.16. The molecule has 0 bridgehead atoms. The van der Waals surface area contributed by atoms with Crippen LogP contribution in [0.15, 0.2) is 30.3 Å². The summed E-state index contributed by atoms with van der Waals surface area (Å²) in [6.45, 7) is 3.83. The maximum Gasteiger partial charge on any atom is 0.317 e. The summed E-state index contributed by atoms with van der Waals surface area (Å²) >= 11 is 0. The van der Waals surface area contributed by atoms with Gasteiger partial charge in [-0.05, 0) is 17.9 Å². The van der Waals surface area contributed by atoms with Crippen LogP contribution in [0, 0.1) is 11.8 Å². The fraction of sp³-hybridized carbons (Fsp3) is 0.600. The molecule has 1 fully saturated rings. The normalized spacial score (nSPS) is 19.0. The first-order chi connectivity index (χ1) is 8.09. The van der Waals surface area contributed by atoms with Crippen molar-refractivity contribution >= 4 is 11.9 Å². The summed E-state index contributed by atoms with van der Waals surface area (Å²) in [7, 11) is 0. The van der Waals surface area contributed by atoms with Crippen LogP contribution >= 0.6 is 0 Å². The molecule has 3 nitrogen and oxygen atoms in total. The van der Waals surface area contributed by atoms with Crippen molar-refractivity contribution in [2.75, 3.05) is 0 Å². The van der Waals surface area contributed by atoms with Gasteiger partial charge >= 0.3 is 11.9 Å². The van der Waals surface area contributed by atoms with Crippen molar-refractivity contribution in [1.29, 1.82) is 0 Å². The van der Waals surface area contributed by atoms with Crippen LogP contribution in [0.2, 0.25) is 0 Å². The Bertz CT molecular complexity index is 426. The van der Waals surface area contributed by atoms with Crippen LogP contribution in [0.25, 0.3) is 0 Å². The highest BCUT2D eigenvalue weighted by Gasteiger charge is 2.41. The number of hydrogen-bond donors (Lipinski definition) is 0. The minimum absolute atomic E-state index is 0. The number of carbonyl (C=O) groups excluding carboxylic acids is 2. The second-order valence-corrected chi connectivity index (χ2v) is 4.68. The summed E-state index contributed by atoms with van der Waals surface area (Å²) in [5.41, 5.74) is 1.19. The first-order valence-electron chi connectivity index (χ1n) is 5.90. The van der Waals surface area contributed by atoms with Gasteiger partial charge in [-0.1, -0.05) is 88.7 Å². The molecule has 3 heteroatoms. The lowest BCUT2D eigenvalue weighted by molar-refractivity contribution is -0.153. The largest absolute Gasteiger partial charge is 0.393 e. The second kappa shape index (κ2) is 14.0. The Morgan fingerprint density at radius 2 is 1.39 bits per heavy atom. The molecule has 3 atom stereocenters. The van der Waals surface area contributed by atoms with Crippen molar-refractivity contribution in [2.24, 2.45) is 11.8 Å². The van der Waals surface area contributed by atoms with Crippen LogP contribution in [0.5, 0.6) is 0 Å². The van der Waals surface area contributed by atoms with Gasteiger partial charge in [-0.25, -0.2) is 0 Å². The molecule has 0 saturated carbocycles. The standard InChI is InChI=1S/C14H16O3.6CH4/c1-9(11-6-4-3-5-7-11)8-12-10(2)13(15)17-14(12)16;;;;;;/h3-7,9-10,12H,8H2,1-2H3;6*1H4. The highest BCUT2D eigenvalue weighted by atomic mass is 16.6. The van der Waals surface area contributed by atoms with Crippen molar-refractivity contribution in [3.05, 3.63) is 35.9 Å². The lowest BCUT2D eigenvalue weighted by atomic mass is 9.85. The highest BCUT2D eigenvalue weighted by molar-refractivity contribution is 5.96. The Morgan fingerprint density at radius 1 is 0.913 bits per heavy atom. The van der Waals surface area contributed by atoms with E-state index in [1.54, 1.807) is 6.92 Å². The lowest BCUT2D eigenvalue weighted by Crippen LogP contribution is -2.17. The molecule has 1 aliphatic rings.